The average molecular weight is 510 g/mol. The number of carbonyl (C=O) groups is 7. The Morgan fingerprint density at radius 1 is 0.706 bits per heavy atom. The first-order valence-electron chi connectivity index (χ1n) is 9.77. The highest BCUT2D eigenvalue weighted by molar-refractivity contribution is 6.38. The predicted octanol–water partition coefficient (Wildman–Crippen LogP) is 0.516. The highest BCUT2D eigenvalue weighted by Crippen LogP contribution is 2.54. The van der Waals surface area contributed by atoms with E-state index in [1.165, 1.54) is 12.1 Å². The molecule has 2 saturated heterocycles. The van der Waals surface area contributed by atoms with Crippen LogP contribution in [0.2, 0.25) is 10.0 Å². The van der Waals surface area contributed by atoms with Crippen LogP contribution < -0.4 is 5.32 Å². The van der Waals surface area contributed by atoms with Crippen LogP contribution in [0.1, 0.15) is 5.56 Å². The summed E-state index contributed by atoms with van der Waals surface area (Å²) in [6, 6.07) is 0.579. The highest BCUT2D eigenvalue weighted by atomic mass is 35.5. The van der Waals surface area contributed by atoms with Crippen LogP contribution in [0.5, 0.6) is 0 Å². The van der Waals surface area contributed by atoms with E-state index < -0.39 is 58.8 Å². The summed E-state index contributed by atoms with van der Waals surface area (Å²) in [7, 11) is 4.39. The summed E-state index contributed by atoms with van der Waals surface area (Å²) in [5.41, 5.74) is -2.71. The van der Waals surface area contributed by atoms with E-state index in [0.29, 0.717) is 19.6 Å². The summed E-state index contributed by atoms with van der Waals surface area (Å²) in [5, 5.41) is 2.38. The van der Waals surface area contributed by atoms with Crippen molar-refractivity contribution in [1.82, 2.24) is 19.6 Å². The van der Waals surface area contributed by atoms with Crippen molar-refractivity contribution in [3.05, 3.63) is 27.7 Å². The summed E-state index contributed by atoms with van der Waals surface area (Å²) in [5.74, 6) is -9.57. The maximum absolute atomic E-state index is 13.7. The van der Waals surface area contributed by atoms with Gasteiger partial charge in [-0.25, -0.2) is 9.59 Å². The number of rotatable bonds is 2. The Hall–Kier alpha value is -3.51. The van der Waals surface area contributed by atoms with E-state index in [0.717, 1.165) is 28.2 Å². The van der Waals surface area contributed by atoms with Gasteiger partial charge in [0.2, 0.25) is 29.5 Å². The predicted molar refractivity (Wildman–Crippen MR) is 116 cm³/mol. The molecule has 0 unspecified atom stereocenters. The lowest BCUT2D eigenvalue weighted by Crippen LogP contribution is -2.71. The zero-order valence-corrected chi connectivity index (χ0v) is 19.7. The van der Waals surface area contributed by atoms with Crippen LogP contribution >= 0.6 is 23.2 Å². The molecule has 0 aliphatic carbocycles. The van der Waals surface area contributed by atoms with E-state index in [1.54, 1.807) is 0 Å². The average Bonchev–Trinajstić information content (AvgIpc) is 3.07. The van der Waals surface area contributed by atoms with E-state index in [-0.39, 0.29) is 21.3 Å². The molecule has 0 aromatic heterocycles. The molecular weight excluding hydrogens is 493 g/mol. The van der Waals surface area contributed by atoms with Crippen molar-refractivity contribution >= 4 is 70.5 Å². The molecule has 0 radical (unpaired) electrons. The Balaban J connectivity index is 2.12. The van der Waals surface area contributed by atoms with Crippen molar-refractivity contribution < 1.29 is 33.6 Å². The number of imide groups is 4. The third kappa shape index (κ3) is 2.75. The van der Waals surface area contributed by atoms with Crippen LogP contribution in [-0.4, -0.2) is 89.4 Å². The minimum Gasteiger partial charge on any atom is -0.324 e. The molecule has 1 aromatic rings. The van der Waals surface area contributed by atoms with Gasteiger partial charge in [-0.1, -0.05) is 23.2 Å². The normalized spacial score (nSPS) is 21.6. The van der Waals surface area contributed by atoms with Crippen molar-refractivity contribution in [1.29, 1.82) is 0 Å². The van der Waals surface area contributed by atoms with Crippen LogP contribution in [-0.2, 0) is 29.4 Å². The van der Waals surface area contributed by atoms with Gasteiger partial charge in [-0.3, -0.25) is 43.6 Å². The fourth-order valence-corrected chi connectivity index (χ4v) is 5.24. The number of fused-ring (bicyclic) bond motifs is 1. The lowest BCUT2D eigenvalue weighted by molar-refractivity contribution is -0.163. The Morgan fingerprint density at radius 3 is 1.47 bits per heavy atom. The van der Waals surface area contributed by atoms with Gasteiger partial charge in [0.05, 0.1) is 10.7 Å². The zero-order valence-electron chi connectivity index (χ0n) is 18.2. The molecule has 1 aromatic carbocycles. The van der Waals surface area contributed by atoms with Crippen molar-refractivity contribution in [2.45, 2.75) is 5.41 Å². The van der Waals surface area contributed by atoms with Crippen molar-refractivity contribution in [3.63, 3.8) is 0 Å². The first-order valence-corrected chi connectivity index (χ1v) is 10.5. The number of anilines is 1. The van der Waals surface area contributed by atoms with Crippen molar-refractivity contribution in [2.24, 2.45) is 11.8 Å². The molecule has 9 amide bonds. The summed E-state index contributed by atoms with van der Waals surface area (Å²) < 4.78 is 0. The summed E-state index contributed by atoms with van der Waals surface area (Å²) >= 11 is 12.4. The number of nitrogens with zero attached hydrogens (tertiary/aromatic N) is 4. The SMILES string of the molecule is CN1C(=O)C(C2(C3C(=O)N(C)C(=O)N(C)C3=O)C(=O)Nc3c(Cl)cc(Cl)cc32)C(=O)N(C)C1=O. The summed E-state index contributed by atoms with van der Waals surface area (Å²) in [6.07, 6.45) is 0. The van der Waals surface area contributed by atoms with Crippen LogP contribution in [0, 0.1) is 11.8 Å². The number of barbiturate groups is 2. The second-order valence-corrected chi connectivity index (χ2v) is 9.00. The van der Waals surface area contributed by atoms with Crippen molar-refractivity contribution in [3.8, 4) is 0 Å². The van der Waals surface area contributed by atoms with E-state index in [2.05, 4.69) is 5.32 Å². The highest BCUT2D eigenvalue weighted by Gasteiger charge is 2.70. The molecule has 2 fully saturated rings. The number of nitrogens with one attached hydrogen (secondary N) is 1. The number of hydrogen-bond donors (Lipinski definition) is 1. The van der Waals surface area contributed by atoms with Crippen LogP contribution in [0.15, 0.2) is 12.1 Å². The molecule has 34 heavy (non-hydrogen) atoms. The third-order valence-electron chi connectivity index (χ3n) is 6.48. The van der Waals surface area contributed by atoms with Crippen LogP contribution in [0.25, 0.3) is 0 Å². The quantitative estimate of drug-likeness (QED) is 0.571. The fourth-order valence-electron chi connectivity index (χ4n) is 4.70. The van der Waals surface area contributed by atoms with Gasteiger partial charge < -0.3 is 5.32 Å². The number of halogens is 2. The van der Waals surface area contributed by atoms with Gasteiger partial charge in [0.15, 0.2) is 0 Å². The van der Waals surface area contributed by atoms with E-state index in [4.69, 9.17) is 23.2 Å². The van der Waals surface area contributed by atoms with Gasteiger partial charge in [-0.05, 0) is 17.7 Å². The van der Waals surface area contributed by atoms with E-state index in [9.17, 15) is 33.6 Å². The molecule has 14 heteroatoms. The number of amides is 9. The first-order chi connectivity index (χ1) is 15.8. The van der Waals surface area contributed by atoms with Gasteiger partial charge in [-0.2, -0.15) is 0 Å². The minimum absolute atomic E-state index is 0.00777. The lowest BCUT2D eigenvalue weighted by atomic mass is 9.60. The molecule has 0 atom stereocenters. The molecule has 0 bridgehead atoms. The lowest BCUT2D eigenvalue weighted by Gasteiger charge is -2.46. The Morgan fingerprint density at radius 2 is 1.09 bits per heavy atom. The maximum Gasteiger partial charge on any atom is 0.332 e. The van der Waals surface area contributed by atoms with Gasteiger partial charge in [-0.15, -0.1) is 0 Å². The summed E-state index contributed by atoms with van der Waals surface area (Å²) in [4.78, 5) is 94.5. The molecule has 0 spiro atoms. The largest absolute Gasteiger partial charge is 0.332 e. The number of hydrogen-bond acceptors (Lipinski definition) is 7. The third-order valence-corrected chi connectivity index (χ3v) is 7.00. The second-order valence-electron chi connectivity index (χ2n) is 8.15. The Bertz CT molecular complexity index is 1140. The molecule has 3 aliphatic rings. The monoisotopic (exact) mass is 509 g/mol. The van der Waals surface area contributed by atoms with E-state index >= 15 is 0 Å². The molecule has 0 saturated carbocycles. The molecule has 178 valence electrons. The van der Waals surface area contributed by atoms with Crippen molar-refractivity contribution in [2.75, 3.05) is 33.5 Å². The van der Waals surface area contributed by atoms with Gasteiger partial charge in [0.1, 0.15) is 17.3 Å². The topological polar surface area (TPSA) is 144 Å². The smallest absolute Gasteiger partial charge is 0.324 e. The van der Waals surface area contributed by atoms with Gasteiger partial charge in [0.25, 0.3) is 0 Å². The molecule has 3 aliphatic heterocycles. The molecular formula is C20H17Cl2N5O7. The molecule has 1 N–H and O–H groups in total. The van der Waals surface area contributed by atoms with Gasteiger partial charge >= 0.3 is 12.1 Å². The number of benzene rings is 1. The number of carbonyl (C=O) groups excluding carboxylic acids is 7. The molecule has 4 rings (SSSR count). The van der Waals surface area contributed by atoms with E-state index in [1.807, 2.05) is 0 Å². The fraction of sp³-hybridized carbons (Fsp3) is 0.350. The minimum atomic E-state index is -2.50. The van der Waals surface area contributed by atoms with Crippen LogP contribution in [0.4, 0.5) is 15.3 Å². The summed E-state index contributed by atoms with van der Waals surface area (Å²) in [6.45, 7) is 0. The zero-order chi connectivity index (χ0) is 25.4. The standard InChI is InChI=1S/C20H17Cl2N5O7/c1-24-13(28)10(14(29)25(2)18(24)33)20(11-15(30)26(3)19(34)27(4)16(11)31)8-5-7(21)6-9(22)12(8)23-17(20)32/h5-6,10-11H,1-4H3,(H,23,32). The Labute approximate surface area is 202 Å². The molecule has 12 nitrogen and oxygen atoms in total. The molecule has 3 heterocycles. The van der Waals surface area contributed by atoms with Crippen LogP contribution in [0.3, 0.4) is 0 Å². The first kappa shape index (κ1) is 23.6. The number of urea groups is 2. The second kappa shape index (κ2) is 7.50. The maximum atomic E-state index is 13.7. The van der Waals surface area contributed by atoms with Gasteiger partial charge in [0, 0.05) is 33.2 Å². The Kier molecular flexibility index (Phi) is 5.22.